The van der Waals surface area contributed by atoms with Gasteiger partial charge in [0.15, 0.2) is 11.5 Å². The lowest BCUT2D eigenvalue weighted by molar-refractivity contribution is -0.124. The first-order chi connectivity index (χ1) is 7.89. The number of hydrogen-bond acceptors (Lipinski definition) is 3. The zero-order chi connectivity index (χ0) is 12.3. The predicted molar refractivity (Wildman–Crippen MR) is 65.0 cm³/mol. The molecule has 0 aromatic carbocycles. The predicted octanol–water partition coefficient (Wildman–Crippen LogP) is 2.51. The van der Waals surface area contributed by atoms with Crippen LogP contribution in [0.15, 0.2) is 11.3 Å². The topological polar surface area (TPSA) is 52.3 Å². The van der Waals surface area contributed by atoms with Gasteiger partial charge in [-0.1, -0.05) is 13.8 Å². The fraction of sp³-hybridized carbons (Fsp3) is 0.786. The summed E-state index contributed by atoms with van der Waals surface area (Å²) in [5.41, 5.74) is 6.79. The van der Waals surface area contributed by atoms with Gasteiger partial charge in [-0.2, -0.15) is 0 Å². The van der Waals surface area contributed by atoms with Crippen LogP contribution >= 0.6 is 0 Å². The number of ketones is 1. The average molecular weight is 235 g/mol. The van der Waals surface area contributed by atoms with E-state index in [1.165, 1.54) is 0 Å². The molecule has 2 atom stereocenters. The van der Waals surface area contributed by atoms with Crippen LogP contribution in [0, 0.1) is 11.3 Å². The molecule has 1 heterocycles. The van der Waals surface area contributed by atoms with Crippen LogP contribution in [0.2, 0.25) is 0 Å². The molecule has 3 nitrogen and oxygen atoms in total. The quantitative estimate of drug-likeness (QED) is 0.702. The molecule has 1 aliphatic heterocycles. The summed E-state index contributed by atoms with van der Waals surface area (Å²) in [6.45, 7) is 4.26. The number of hydrogen-bond donors (Lipinski definition) is 1. The molecule has 0 spiro atoms. The summed E-state index contributed by atoms with van der Waals surface area (Å²) in [6, 6.07) is 0. The van der Waals surface area contributed by atoms with Crippen LogP contribution in [-0.4, -0.2) is 11.5 Å². The Labute approximate surface area is 102 Å². The van der Waals surface area contributed by atoms with E-state index in [1.807, 2.05) is 0 Å². The maximum Gasteiger partial charge on any atom is 0.163 e. The minimum absolute atomic E-state index is 0.0257. The van der Waals surface area contributed by atoms with Crippen molar-refractivity contribution in [2.45, 2.75) is 58.1 Å². The number of Topliss-reactive ketones (excluding diaryl/α,β-unsaturated/α-hetero) is 1. The van der Waals surface area contributed by atoms with Gasteiger partial charge in [0, 0.05) is 31.3 Å². The van der Waals surface area contributed by atoms with Gasteiger partial charge in [-0.05, 0) is 24.2 Å². The molecule has 2 unspecified atom stereocenters. The summed E-state index contributed by atoms with van der Waals surface area (Å²) in [4.78, 5) is 12.3. The summed E-state index contributed by atoms with van der Waals surface area (Å²) < 4.78 is 5.99. The zero-order valence-electron chi connectivity index (χ0n) is 10.7. The molecule has 0 radical (unpaired) electrons. The van der Waals surface area contributed by atoms with Crippen molar-refractivity contribution in [1.29, 1.82) is 0 Å². The highest BCUT2D eigenvalue weighted by Gasteiger charge is 2.47. The molecule has 3 aliphatic rings. The number of carbonyl (C=O) groups is 1. The summed E-state index contributed by atoms with van der Waals surface area (Å²) in [5, 5.41) is 0. The largest absolute Gasteiger partial charge is 0.477 e. The number of allylic oxidation sites excluding steroid dienone is 2. The van der Waals surface area contributed by atoms with Crippen LogP contribution in [0.25, 0.3) is 0 Å². The highest BCUT2D eigenvalue weighted by atomic mass is 16.5. The normalized spacial score (nSPS) is 39.7. The molecule has 0 amide bonds. The molecule has 1 fully saturated rings. The molecule has 1 saturated carbocycles. The average Bonchev–Trinajstić information content (AvgIpc) is 2.12. The highest BCUT2D eigenvalue weighted by Crippen LogP contribution is 2.49. The molecule has 2 bridgehead atoms. The third-order valence-corrected chi connectivity index (χ3v) is 4.36. The molecule has 94 valence electrons. The maximum absolute atomic E-state index is 12.3. The Hall–Kier alpha value is -0.830. The van der Waals surface area contributed by atoms with E-state index in [1.54, 1.807) is 0 Å². The van der Waals surface area contributed by atoms with Crippen molar-refractivity contribution >= 4 is 5.78 Å². The van der Waals surface area contributed by atoms with Crippen LogP contribution in [-0.2, 0) is 9.53 Å². The Morgan fingerprint density at radius 3 is 2.88 bits per heavy atom. The van der Waals surface area contributed by atoms with E-state index in [9.17, 15) is 4.79 Å². The second-order valence-corrected chi connectivity index (χ2v) is 6.74. The van der Waals surface area contributed by atoms with Gasteiger partial charge in [0.05, 0.1) is 0 Å². The lowest BCUT2D eigenvalue weighted by atomic mass is 9.68. The van der Waals surface area contributed by atoms with E-state index in [-0.39, 0.29) is 5.41 Å². The number of rotatable bonds is 0. The van der Waals surface area contributed by atoms with Gasteiger partial charge >= 0.3 is 0 Å². The minimum Gasteiger partial charge on any atom is -0.477 e. The molecule has 3 rings (SSSR count). The number of carbonyl (C=O) groups excluding carboxylic acids is 1. The van der Waals surface area contributed by atoms with Gasteiger partial charge in [-0.25, -0.2) is 0 Å². The van der Waals surface area contributed by atoms with Gasteiger partial charge in [0.1, 0.15) is 5.76 Å². The Morgan fingerprint density at radius 2 is 2.12 bits per heavy atom. The molecule has 0 saturated heterocycles. The Bertz CT molecular complexity index is 410. The highest BCUT2D eigenvalue weighted by molar-refractivity contribution is 5.97. The Morgan fingerprint density at radius 1 is 1.35 bits per heavy atom. The molecule has 17 heavy (non-hydrogen) atoms. The maximum atomic E-state index is 12.3. The number of nitrogens with two attached hydrogens (primary N) is 1. The van der Waals surface area contributed by atoms with Gasteiger partial charge in [0.2, 0.25) is 0 Å². The molecule has 0 aromatic rings. The van der Waals surface area contributed by atoms with Gasteiger partial charge in [0.25, 0.3) is 0 Å². The standard InChI is InChI=1S/C14H21NO2/c1-13(2)7-10(16)12-9-4-3-5-14(15,6-9)17-11(12)8-13/h9H,3-8,15H2,1-2H3. The molecule has 0 aromatic heterocycles. The molecular weight excluding hydrogens is 214 g/mol. The van der Waals surface area contributed by atoms with Crippen LogP contribution in [0.4, 0.5) is 0 Å². The smallest absolute Gasteiger partial charge is 0.163 e. The lowest BCUT2D eigenvalue weighted by Gasteiger charge is -2.47. The van der Waals surface area contributed by atoms with Crippen molar-refractivity contribution in [3.8, 4) is 0 Å². The first-order valence-electron chi connectivity index (χ1n) is 6.63. The van der Waals surface area contributed by atoms with Crippen LogP contribution in [0.1, 0.15) is 52.4 Å². The van der Waals surface area contributed by atoms with Gasteiger partial charge in [-0.15, -0.1) is 0 Å². The second-order valence-electron chi connectivity index (χ2n) is 6.74. The van der Waals surface area contributed by atoms with Gasteiger partial charge < -0.3 is 4.74 Å². The van der Waals surface area contributed by atoms with E-state index in [4.69, 9.17) is 10.5 Å². The fourth-order valence-corrected chi connectivity index (χ4v) is 3.68. The van der Waals surface area contributed by atoms with E-state index in [2.05, 4.69) is 13.8 Å². The Kier molecular flexibility index (Phi) is 2.22. The first kappa shape index (κ1) is 11.3. The van der Waals surface area contributed by atoms with Crippen LogP contribution in [0.3, 0.4) is 0 Å². The van der Waals surface area contributed by atoms with Crippen molar-refractivity contribution in [1.82, 2.24) is 0 Å². The van der Waals surface area contributed by atoms with Gasteiger partial charge in [-0.3, -0.25) is 10.5 Å². The van der Waals surface area contributed by atoms with E-state index in [0.717, 1.165) is 43.4 Å². The van der Waals surface area contributed by atoms with Crippen LogP contribution in [0.5, 0.6) is 0 Å². The second kappa shape index (κ2) is 3.35. The van der Waals surface area contributed by atoms with Crippen molar-refractivity contribution in [2.75, 3.05) is 0 Å². The summed E-state index contributed by atoms with van der Waals surface area (Å²) in [5.74, 6) is 1.57. The van der Waals surface area contributed by atoms with Crippen LogP contribution < -0.4 is 5.73 Å². The SMILES string of the molecule is CC1(C)CC(=O)C2=C(C1)OC1(N)CCCC2C1. The first-order valence-corrected chi connectivity index (χ1v) is 6.63. The number of ether oxygens (including phenoxy) is 1. The van der Waals surface area contributed by atoms with E-state index < -0.39 is 5.72 Å². The monoisotopic (exact) mass is 235 g/mol. The lowest BCUT2D eigenvalue weighted by Crippen LogP contribution is -2.52. The molecule has 2 aliphatic carbocycles. The summed E-state index contributed by atoms with van der Waals surface area (Å²) in [6.07, 6.45) is 5.46. The minimum atomic E-state index is -0.491. The van der Waals surface area contributed by atoms with E-state index in [0.29, 0.717) is 18.1 Å². The summed E-state index contributed by atoms with van der Waals surface area (Å²) in [7, 11) is 0. The Balaban J connectivity index is 2.02. The number of fused-ring (bicyclic) bond motifs is 3. The third-order valence-electron chi connectivity index (χ3n) is 4.36. The van der Waals surface area contributed by atoms with E-state index >= 15 is 0 Å². The van der Waals surface area contributed by atoms with Crippen molar-refractivity contribution in [3.63, 3.8) is 0 Å². The third kappa shape index (κ3) is 1.81. The fourth-order valence-electron chi connectivity index (χ4n) is 3.68. The molecule has 3 heteroatoms. The van der Waals surface area contributed by atoms with Crippen molar-refractivity contribution in [3.05, 3.63) is 11.3 Å². The molecular formula is C14H21NO2. The zero-order valence-corrected chi connectivity index (χ0v) is 10.7. The molecule has 2 N–H and O–H groups in total. The van der Waals surface area contributed by atoms with Crippen molar-refractivity contribution in [2.24, 2.45) is 17.1 Å². The van der Waals surface area contributed by atoms with Crippen molar-refractivity contribution < 1.29 is 9.53 Å². The summed E-state index contributed by atoms with van der Waals surface area (Å²) >= 11 is 0.